The zero-order valence-corrected chi connectivity index (χ0v) is 19.5. The summed E-state index contributed by atoms with van der Waals surface area (Å²) >= 11 is 8.94. The summed E-state index contributed by atoms with van der Waals surface area (Å²) in [5.74, 6) is -2.85. The van der Waals surface area contributed by atoms with Crippen molar-refractivity contribution in [2.24, 2.45) is 0 Å². The predicted octanol–water partition coefficient (Wildman–Crippen LogP) is 5.50. The quantitative estimate of drug-likeness (QED) is 0.268. The number of aromatic hydroxyl groups is 1. The average molecular weight is 582 g/mol. The van der Waals surface area contributed by atoms with Crippen molar-refractivity contribution >= 4 is 49.2 Å². The summed E-state index contributed by atoms with van der Waals surface area (Å²) in [5.41, 5.74) is -2.77. The minimum absolute atomic E-state index is 0.174. The number of nitrogens with zero attached hydrogens (tertiary/aromatic N) is 1. The molecule has 2 aromatic carbocycles. The average Bonchev–Trinajstić information content (AvgIpc) is 2.74. The maximum atomic E-state index is 14.8. The smallest absolute Gasteiger partial charge is 0.433 e. The Bertz CT molecular complexity index is 1460. The predicted molar refractivity (Wildman–Crippen MR) is 115 cm³/mol. The molecule has 0 atom stereocenters. The van der Waals surface area contributed by atoms with Crippen LogP contribution in [-0.4, -0.2) is 24.5 Å². The third-order valence-electron chi connectivity index (χ3n) is 4.78. The summed E-state index contributed by atoms with van der Waals surface area (Å²) in [6.45, 7) is -0.731. The molecule has 2 heterocycles. The zero-order valence-electron chi connectivity index (χ0n) is 16.4. The molecule has 0 unspecified atom stereocenters. The first-order chi connectivity index (χ1) is 15.8. The number of anilines is 1. The van der Waals surface area contributed by atoms with E-state index in [1.54, 1.807) is 0 Å². The van der Waals surface area contributed by atoms with Crippen LogP contribution in [0.2, 0.25) is 5.02 Å². The Morgan fingerprint density at radius 2 is 1.85 bits per heavy atom. The molecule has 2 N–H and O–H groups in total. The van der Waals surface area contributed by atoms with Crippen molar-refractivity contribution < 1.29 is 40.6 Å². The molecule has 4 rings (SSSR count). The second-order valence-corrected chi connectivity index (χ2v) is 9.94. The summed E-state index contributed by atoms with van der Waals surface area (Å²) < 4.78 is 87.4. The lowest BCUT2D eigenvalue weighted by Crippen LogP contribution is -2.15. The summed E-state index contributed by atoms with van der Waals surface area (Å²) in [7, 11) is -4.58. The molecule has 1 aromatic heterocycles. The molecule has 0 radical (unpaired) electrons. The van der Waals surface area contributed by atoms with Crippen molar-refractivity contribution in [2.75, 3.05) is 4.72 Å². The lowest BCUT2D eigenvalue weighted by Gasteiger charge is -2.15. The van der Waals surface area contributed by atoms with E-state index in [-0.39, 0.29) is 37.4 Å². The second-order valence-electron chi connectivity index (χ2n) is 7.02. The summed E-state index contributed by atoms with van der Waals surface area (Å²) in [6.07, 6.45) is -4.10. The number of benzene rings is 2. The van der Waals surface area contributed by atoms with Gasteiger partial charge in [-0.05, 0) is 46.3 Å². The van der Waals surface area contributed by atoms with E-state index >= 15 is 0 Å². The molecule has 3 aromatic rings. The van der Waals surface area contributed by atoms with Crippen LogP contribution in [0.25, 0.3) is 11.1 Å². The molecule has 1 aliphatic rings. The number of sulfonamides is 1. The van der Waals surface area contributed by atoms with Gasteiger partial charge in [-0.3, -0.25) is 9.71 Å². The van der Waals surface area contributed by atoms with Crippen LogP contribution in [0.4, 0.5) is 23.2 Å². The van der Waals surface area contributed by atoms with Crippen LogP contribution in [0.5, 0.6) is 5.75 Å². The number of carbonyl (C=O) groups is 1. The zero-order chi connectivity index (χ0) is 25.0. The molecular formula is C20H10BrClF4N2O5S. The summed E-state index contributed by atoms with van der Waals surface area (Å²) in [4.78, 5) is 15.2. The number of nitrogens with one attached hydrogen (secondary N) is 1. The number of ether oxygens (including phenoxy) is 1. The molecule has 7 nitrogen and oxygen atoms in total. The lowest BCUT2D eigenvalue weighted by atomic mass is 10.00. The highest BCUT2D eigenvalue weighted by molar-refractivity contribution is 9.10. The van der Waals surface area contributed by atoms with Crippen LogP contribution < -0.4 is 4.72 Å². The number of phenolic OH excluding ortho intramolecular Hbond substituents is 1. The topological polar surface area (TPSA) is 106 Å². The van der Waals surface area contributed by atoms with Crippen molar-refractivity contribution in [1.82, 2.24) is 4.98 Å². The maximum absolute atomic E-state index is 14.8. The van der Waals surface area contributed by atoms with E-state index in [9.17, 15) is 35.9 Å². The van der Waals surface area contributed by atoms with Gasteiger partial charge >= 0.3 is 12.1 Å². The van der Waals surface area contributed by atoms with E-state index in [4.69, 9.17) is 16.3 Å². The molecule has 0 saturated carbocycles. The van der Waals surface area contributed by atoms with Crippen molar-refractivity contribution in [3.8, 4) is 16.9 Å². The van der Waals surface area contributed by atoms with Gasteiger partial charge in [0.2, 0.25) is 0 Å². The third kappa shape index (κ3) is 4.42. The number of fused-ring (bicyclic) bond motifs is 6. The van der Waals surface area contributed by atoms with Crippen LogP contribution >= 0.6 is 27.5 Å². The first-order valence-electron chi connectivity index (χ1n) is 9.06. The van der Waals surface area contributed by atoms with E-state index in [1.807, 2.05) is 0 Å². The van der Waals surface area contributed by atoms with E-state index in [0.717, 1.165) is 30.5 Å². The highest BCUT2D eigenvalue weighted by Crippen LogP contribution is 2.39. The minimum Gasteiger partial charge on any atom is -0.505 e. The molecule has 0 fully saturated rings. The van der Waals surface area contributed by atoms with Gasteiger partial charge in [0.05, 0.1) is 20.7 Å². The van der Waals surface area contributed by atoms with E-state index in [2.05, 4.69) is 25.6 Å². The molecule has 34 heavy (non-hydrogen) atoms. The Hall–Kier alpha value is -2.90. The van der Waals surface area contributed by atoms with Gasteiger partial charge in [0.1, 0.15) is 28.8 Å². The number of rotatable bonds is 0. The fourth-order valence-electron chi connectivity index (χ4n) is 3.17. The highest BCUT2D eigenvalue weighted by Gasteiger charge is 2.34. The number of cyclic esters (lactones) is 1. The Kier molecular flexibility index (Phi) is 5.98. The van der Waals surface area contributed by atoms with Crippen molar-refractivity contribution in [2.45, 2.75) is 17.7 Å². The number of aromatic nitrogens is 1. The number of esters is 1. The number of hydrogen-bond acceptors (Lipinski definition) is 6. The number of pyridine rings is 1. The third-order valence-corrected chi connectivity index (χ3v) is 7.08. The van der Waals surface area contributed by atoms with Gasteiger partial charge < -0.3 is 9.84 Å². The highest BCUT2D eigenvalue weighted by atomic mass is 79.9. The fourth-order valence-corrected chi connectivity index (χ4v) is 5.23. The Labute approximate surface area is 202 Å². The number of carbonyl (C=O) groups excluding carboxylic acids is 1. The standard InChI is InChI=1S/C20H10BrClF4N2O5S/c21-12-1-8-2-16(18(12)29)34(31,32)28-15-4-10(14(23)5-13(15)22)11-6-27-17(20(24,25)26)3-9(11)7-33-19(8)30/h1-6,28-29H,7H2. The van der Waals surface area contributed by atoms with Gasteiger partial charge in [0, 0.05) is 22.9 Å². The molecule has 0 spiro atoms. The summed E-state index contributed by atoms with van der Waals surface area (Å²) in [5, 5.41) is 9.88. The molecule has 14 heteroatoms. The fraction of sp³-hybridized carbons (Fsp3) is 0.100. The number of alkyl halides is 3. The van der Waals surface area contributed by atoms with Gasteiger partial charge in [-0.25, -0.2) is 17.6 Å². The molecule has 1 aliphatic heterocycles. The number of halogens is 6. The molecular weight excluding hydrogens is 572 g/mol. The minimum atomic E-state index is -4.84. The maximum Gasteiger partial charge on any atom is 0.433 e. The van der Waals surface area contributed by atoms with Crippen LogP contribution in [0.3, 0.4) is 0 Å². The molecule has 0 saturated heterocycles. The van der Waals surface area contributed by atoms with Gasteiger partial charge in [0.25, 0.3) is 10.0 Å². The van der Waals surface area contributed by atoms with Crippen LogP contribution in [0.1, 0.15) is 21.6 Å². The van der Waals surface area contributed by atoms with E-state index in [1.165, 1.54) is 0 Å². The van der Waals surface area contributed by atoms with E-state index in [0.29, 0.717) is 6.07 Å². The van der Waals surface area contributed by atoms with Gasteiger partial charge in [-0.2, -0.15) is 13.2 Å². The van der Waals surface area contributed by atoms with Gasteiger partial charge in [-0.1, -0.05) is 11.6 Å². The van der Waals surface area contributed by atoms with E-state index < -0.39 is 50.9 Å². The number of hydrogen-bond donors (Lipinski definition) is 2. The van der Waals surface area contributed by atoms with Crippen LogP contribution in [-0.2, 0) is 27.5 Å². The normalized spacial score (nSPS) is 15.2. The van der Waals surface area contributed by atoms with Crippen LogP contribution in [0, 0.1) is 5.82 Å². The molecule has 0 amide bonds. The molecule has 0 aliphatic carbocycles. The number of phenols is 1. The Balaban J connectivity index is 2.01. The Morgan fingerprint density at radius 1 is 1.15 bits per heavy atom. The second kappa shape index (κ2) is 8.40. The van der Waals surface area contributed by atoms with Gasteiger partial charge in [0.15, 0.2) is 0 Å². The largest absolute Gasteiger partial charge is 0.505 e. The van der Waals surface area contributed by atoms with Crippen molar-refractivity contribution in [3.05, 3.63) is 68.7 Å². The lowest BCUT2D eigenvalue weighted by molar-refractivity contribution is -0.141. The monoisotopic (exact) mass is 580 g/mol. The first kappa shape index (κ1) is 24.2. The summed E-state index contributed by atoms with van der Waals surface area (Å²) in [6, 6.07) is 4.19. The molecule has 4 bridgehead atoms. The SMILES string of the molecule is O=C1OCc2cc(C(F)(F)F)ncc2-c2cc(c(Cl)cc2F)NS(=O)(=O)c2cc1cc(Br)c2O. The van der Waals surface area contributed by atoms with Crippen molar-refractivity contribution in [3.63, 3.8) is 0 Å². The molecule has 178 valence electrons. The van der Waals surface area contributed by atoms with Crippen molar-refractivity contribution in [1.29, 1.82) is 0 Å². The Morgan fingerprint density at radius 3 is 2.53 bits per heavy atom. The first-order valence-corrected chi connectivity index (χ1v) is 11.7. The van der Waals surface area contributed by atoms with Gasteiger partial charge in [-0.15, -0.1) is 0 Å². The van der Waals surface area contributed by atoms with Crippen LogP contribution in [0.15, 0.2) is 45.9 Å².